The summed E-state index contributed by atoms with van der Waals surface area (Å²) in [5, 5.41) is 5.94. The maximum Gasteiger partial charge on any atom is 0.412 e. The van der Waals surface area contributed by atoms with Gasteiger partial charge in [-0.3, -0.25) is 5.32 Å². The van der Waals surface area contributed by atoms with E-state index in [9.17, 15) is 4.79 Å². The van der Waals surface area contributed by atoms with E-state index < -0.39 is 11.7 Å². The first-order valence-corrected chi connectivity index (χ1v) is 7.68. The number of benzene rings is 1. The molecule has 1 heterocycles. The number of halogens is 1. The van der Waals surface area contributed by atoms with Crippen molar-refractivity contribution in [3.05, 3.63) is 46.8 Å². The number of carbonyl (C=O) groups excluding carboxylic acids is 1. The van der Waals surface area contributed by atoms with Crippen LogP contribution in [0.2, 0.25) is 0 Å². The van der Waals surface area contributed by atoms with Gasteiger partial charge in [-0.05, 0) is 61.0 Å². The minimum Gasteiger partial charge on any atom is -0.466 e. The van der Waals surface area contributed by atoms with Gasteiger partial charge in [0.1, 0.15) is 11.4 Å². The zero-order chi connectivity index (χ0) is 16.2. The maximum absolute atomic E-state index is 11.8. The molecule has 0 radical (unpaired) electrons. The summed E-state index contributed by atoms with van der Waals surface area (Å²) >= 11 is 3.41. The average molecular weight is 367 g/mol. The van der Waals surface area contributed by atoms with Crippen molar-refractivity contribution in [2.24, 2.45) is 0 Å². The lowest BCUT2D eigenvalue weighted by atomic mass is 10.2. The Kier molecular flexibility index (Phi) is 5.13. The van der Waals surface area contributed by atoms with Crippen LogP contribution in [0.3, 0.4) is 0 Å². The fraction of sp³-hybridized carbons (Fsp3) is 0.312. The smallest absolute Gasteiger partial charge is 0.412 e. The molecule has 6 heteroatoms. The van der Waals surface area contributed by atoms with Gasteiger partial charge >= 0.3 is 6.09 Å². The lowest BCUT2D eigenvalue weighted by Gasteiger charge is -2.19. The molecule has 0 unspecified atom stereocenters. The lowest BCUT2D eigenvalue weighted by Crippen LogP contribution is -2.27. The van der Waals surface area contributed by atoms with E-state index in [2.05, 4.69) is 26.6 Å². The predicted octanol–water partition coefficient (Wildman–Crippen LogP) is 5.00. The number of rotatable bonds is 4. The molecule has 1 aromatic carbocycles. The minimum absolute atomic E-state index is 0.474. The van der Waals surface area contributed by atoms with E-state index in [4.69, 9.17) is 9.15 Å². The molecule has 2 rings (SSSR count). The van der Waals surface area contributed by atoms with Crippen molar-refractivity contribution in [2.75, 3.05) is 10.6 Å². The number of anilines is 2. The highest BCUT2D eigenvalue weighted by Crippen LogP contribution is 2.21. The number of ether oxygens (including phenoxy) is 1. The minimum atomic E-state index is -0.522. The number of carbonyl (C=O) groups is 1. The zero-order valence-electron chi connectivity index (χ0n) is 12.8. The molecule has 0 spiro atoms. The van der Waals surface area contributed by atoms with Crippen LogP contribution in [0.25, 0.3) is 0 Å². The van der Waals surface area contributed by atoms with Crippen molar-refractivity contribution >= 4 is 33.4 Å². The molecule has 0 atom stereocenters. The van der Waals surface area contributed by atoms with Crippen LogP contribution in [-0.2, 0) is 11.3 Å². The van der Waals surface area contributed by atoms with Crippen molar-refractivity contribution < 1.29 is 13.9 Å². The van der Waals surface area contributed by atoms with Gasteiger partial charge in [-0.1, -0.05) is 6.07 Å². The highest BCUT2D eigenvalue weighted by atomic mass is 79.9. The largest absolute Gasteiger partial charge is 0.466 e. The topological polar surface area (TPSA) is 63.5 Å². The van der Waals surface area contributed by atoms with E-state index in [1.807, 2.05) is 45.0 Å². The Hall–Kier alpha value is -1.95. The van der Waals surface area contributed by atoms with E-state index in [0.717, 1.165) is 15.9 Å². The summed E-state index contributed by atoms with van der Waals surface area (Å²) in [5.74, 6) is 0.811. The van der Waals surface area contributed by atoms with Crippen LogP contribution in [0.5, 0.6) is 0 Å². The van der Waals surface area contributed by atoms with Gasteiger partial charge in [0.15, 0.2) is 0 Å². The molecular formula is C16H19BrN2O3. The molecule has 1 amide bonds. The quantitative estimate of drug-likeness (QED) is 0.798. The molecule has 1 aromatic heterocycles. The van der Waals surface area contributed by atoms with Gasteiger partial charge in [0.25, 0.3) is 0 Å². The zero-order valence-corrected chi connectivity index (χ0v) is 14.4. The Morgan fingerprint density at radius 2 is 2.00 bits per heavy atom. The number of furan rings is 1. The predicted molar refractivity (Wildman–Crippen MR) is 90.0 cm³/mol. The first-order chi connectivity index (χ1) is 10.3. The monoisotopic (exact) mass is 366 g/mol. The van der Waals surface area contributed by atoms with Crippen molar-refractivity contribution in [1.82, 2.24) is 0 Å². The molecule has 0 aliphatic heterocycles. The van der Waals surface area contributed by atoms with Crippen LogP contribution < -0.4 is 10.6 Å². The molecule has 0 saturated carbocycles. The highest BCUT2D eigenvalue weighted by molar-refractivity contribution is 9.10. The van der Waals surface area contributed by atoms with Gasteiger partial charge < -0.3 is 14.5 Å². The summed E-state index contributed by atoms with van der Waals surface area (Å²) in [4.78, 5) is 11.8. The summed E-state index contributed by atoms with van der Waals surface area (Å²) in [5.41, 5.74) is 1.01. The van der Waals surface area contributed by atoms with E-state index in [1.165, 1.54) is 0 Å². The van der Waals surface area contributed by atoms with E-state index >= 15 is 0 Å². The normalized spacial score (nSPS) is 11.1. The third kappa shape index (κ3) is 5.11. The summed E-state index contributed by atoms with van der Waals surface area (Å²) in [6, 6.07) is 9.25. The van der Waals surface area contributed by atoms with Crippen LogP contribution in [0.4, 0.5) is 16.2 Å². The molecule has 0 aliphatic rings. The Morgan fingerprint density at radius 1 is 1.27 bits per heavy atom. The summed E-state index contributed by atoms with van der Waals surface area (Å²) < 4.78 is 11.5. The number of nitrogens with one attached hydrogen (secondary N) is 2. The first kappa shape index (κ1) is 16.4. The van der Waals surface area contributed by atoms with Gasteiger partial charge in [-0.25, -0.2) is 4.79 Å². The van der Waals surface area contributed by atoms with Crippen LogP contribution in [0.15, 0.2) is 45.5 Å². The van der Waals surface area contributed by atoms with Crippen molar-refractivity contribution in [1.29, 1.82) is 0 Å². The Morgan fingerprint density at radius 3 is 2.64 bits per heavy atom. The molecule has 2 N–H and O–H groups in total. The van der Waals surface area contributed by atoms with Gasteiger partial charge in [0.2, 0.25) is 0 Å². The Balaban J connectivity index is 1.95. The molecule has 0 fully saturated rings. The van der Waals surface area contributed by atoms with Crippen LogP contribution in [0, 0.1) is 0 Å². The van der Waals surface area contributed by atoms with Crippen molar-refractivity contribution in [3.8, 4) is 0 Å². The second-order valence-electron chi connectivity index (χ2n) is 5.75. The first-order valence-electron chi connectivity index (χ1n) is 6.89. The van der Waals surface area contributed by atoms with Gasteiger partial charge in [0, 0.05) is 11.4 Å². The number of hydrogen-bond acceptors (Lipinski definition) is 4. The second kappa shape index (κ2) is 6.87. The van der Waals surface area contributed by atoms with E-state index in [1.54, 1.807) is 12.3 Å². The third-order valence-electron chi connectivity index (χ3n) is 2.65. The highest BCUT2D eigenvalue weighted by Gasteiger charge is 2.16. The fourth-order valence-electron chi connectivity index (χ4n) is 1.76. The molecule has 118 valence electrons. The molecule has 5 nitrogen and oxygen atoms in total. The second-order valence-corrected chi connectivity index (χ2v) is 6.61. The fourth-order valence-corrected chi connectivity index (χ4v) is 2.10. The summed E-state index contributed by atoms with van der Waals surface area (Å²) in [7, 11) is 0. The Bertz CT molecular complexity index is 647. The number of hydrogen-bond donors (Lipinski definition) is 2. The molecule has 0 bridgehead atoms. The molecular weight excluding hydrogens is 348 g/mol. The molecule has 0 aliphatic carbocycles. The van der Waals surface area contributed by atoms with Crippen LogP contribution >= 0.6 is 15.9 Å². The SMILES string of the molecule is CC(C)(C)OC(=O)Nc1cccc(NCc2occc2Br)c1. The average Bonchev–Trinajstić information content (AvgIpc) is 2.80. The maximum atomic E-state index is 11.8. The van der Waals surface area contributed by atoms with E-state index in [-0.39, 0.29) is 0 Å². The van der Waals surface area contributed by atoms with E-state index in [0.29, 0.717) is 12.2 Å². The number of amides is 1. The van der Waals surface area contributed by atoms with Gasteiger partial charge in [0.05, 0.1) is 17.3 Å². The van der Waals surface area contributed by atoms with Gasteiger partial charge in [-0.2, -0.15) is 0 Å². The molecule has 22 heavy (non-hydrogen) atoms. The Labute approximate surface area is 138 Å². The van der Waals surface area contributed by atoms with Gasteiger partial charge in [-0.15, -0.1) is 0 Å². The van der Waals surface area contributed by atoms with Crippen LogP contribution in [-0.4, -0.2) is 11.7 Å². The lowest BCUT2D eigenvalue weighted by molar-refractivity contribution is 0.0636. The van der Waals surface area contributed by atoms with Crippen molar-refractivity contribution in [2.45, 2.75) is 32.9 Å². The standard InChI is InChI=1S/C16H19BrN2O3/c1-16(2,3)22-15(20)19-12-6-4-5-11(9-12)18-10-14-13(17)7-8-21-14/h4-9,18H,10H2,1-3H3,(H,19,20). The van der Waals surface area contributed by atoms with Crippen molar-refractivity contribution in [3.63, 3.8) is 0 Å². The molecule has 0 saturated heterocycles. The third-order valence-corrected chi connectivity index (χ3v) is 3.36. The van der Waals surface area contributed by atoms with Crippen LogP contribution in [0.1, 0.15) is 26.5 Å². The molecule has 2 aromatic rings. The summed E-state index contributed by atoms with van der Waals surface area (Å²) in [6.45, 7) is 6.02. The summed E-state index contributed by atoms with van der Waals surface area (Å²) in [6.07, 6.45) is 1.15.